The molecule has 6 rings (SSSR count). The second kappa shape index (κ2) is 14.2. The van der Waals surface area contributed by atoms with E-state index in [0.717, 1.165) is 95.7 Å². The van der Waals surface area contributed by atoms with Crippen LogP contribution in [0.3, 0.4) is 0 Å². The number of rotatable bonds is 10. The van der Waals surface area contributed by atoms with E-state index < -0.39 is 0 Å². The molecule has 4 aliphatic rings. The molecule has 47 heavy (non-hydrogen) atoms. The van der Waals surface area contributed by atoms with Gasteiger partial charge in [0.25, 0.3) is 5.91 Å². The third kappa shape index (κ3) is 6.84. The Morgan fingerprint density at radius 2 is 1.79 bits per heavy atom. The molecule has 4 fully saturated rings. The maximum Gasteiger partial charge on any atom is 0.407 e. The Morgan fingerprint density at radius 1 is 1.02 bits per heavy atom. The van der Waals surface area contributed by atoms with E-state index in [2.05, 4.69) is 32.2 Å². The zero-order chi connectivity index (χ0) is 33.1. The number of halogens is 1. The molecule has 9 nitrogen and oxygen atoms in total. The first kappa shape index (κ1) is 33.2. The van der Waals surface area contributed by atoms with Gasteiger partial charge in [-0.15, -0.1) is 0 Å². The number of anilines is 1. The van der Waals surface area contributed by atoms with Crippen molar-refractivity contribution >= 4 is 17.7 Å². The Balaban J connectivity index is 1.15. The summed E-state index contributed by atoms with van der Waals surface area (Å²) in [5, 5.41) is 12.7. The average molecular weight is 645 g/mol. The Labute approximate surface area is 278 Å². The van der Waals surface area contributed by atoms with Crippen molar-refractivity contribution in [1.82, 2.24) is 20.0 Å². The van der Waals surface area contributed by atoms with Gasteiger partial charge in [0.2, 0.25) is 0 Å². The molecule has 1 N–H and O–H groups in total. The number of nitrogens with zero attached hydrogens (tertiary/aromatic N) is 5. The van der Waals surface area contributed by atoms with Crippen molar-refractivity contribution in [3.05, 3.63) is 65.0 Å². The second-order valence-corrected chi connectivity index (χ2v) is 14.3. The van der Waals surface area contributed by atoms with Crippen molar-refractivity contribution in [2.45, 2.75) is 50.0 Å². The number of likely N-dealkylation sites (tertiary alicyclic amines) is 2. The number of carbonyl (C=O) groups excluding carboxylic acids is 2. The monoisotopic (exact) mass is 644 g/mol. The van der Waals surface area contributed by atoms with Crippen molar-refractivity contribution in [2.24, 2.45) is 17.8 Å². The summed E-state index contributed by atoms with van der Waals surface area (Å²) in [4.78, 5) is 34.1. The van der Waals surface area contributed by atoms with Gasteiger partial charge >= 0.3 is 6.09 Å². The summed E-state index contributed by atoms with van der Waals surface area (Å²) in [6, 6.07) is 15.0. The van der Waals surface area contributed by atoms with E-state index in [1.807, 2.05) is 18.2 Å². The van der Waals surface area contributed by atoms with Gasteiger partial charge < -0.3 is 29.7 Å². The van der Waals surface area contributed by atoms with Crippen LogP contribution >= 0.6 is 0 Å². The van der Waals surface area contributed by atoms with Gasteiger partial charge in [0, 0.05) is 63.3 Å². The van der Waals surface area contributed by atoms with Crippen LogP contribution in [0.2, 0.25) is 0 Å². The normalized spacial score (nSPS) is 23.7. The predicted molar refractivity (Wildman–Crippen MR) is 180 cm³/mol. The van der Waals surface area contributed by atoms with Crippen LogP contribution in [-0.4, -0.2) is 106 Å². The minimum absolute atomic E-state index is 0.00161. The molecule has 3 saturated heterocycles. The Bertz CT molecular complexity index is 1480. The van der Waals surface area contributed by atoms with Crippen LogP contribution in [0.5, 0.6) is 0 Å². The van der Waals surface area contributed by atoms with Crippen molar-refractivity contribution < 1.29 is 18.7 Å². The molecule has 3 heterocycles. The fourth-order valence-electron chi connectivity index (χ4n) is 8.87. The molecule has 1 aliphatic carbocycles. The lowest BCUT2D eigenvalue weighted by Crippen LogP contribution is -2.60. The third-order valence-corrected chi connectivity index (χ3v) is 11.4. The molecule has 0 bridgehead atoms. The van der Waals surface area contributed by atoms with E-state index in [1.54, 1.807) is 32.3 Å². The zero-order valence-corrected chi connectivity index (χ0v) is 28.1. The summed E-state index contributed by atoms with van der Waals surface area (Å²) in [6.07, 6.45) is 5.84. The smallest absolute Gasteiger partial charge is 0.407 e. The van der Waals surface area contributed by atoms with Gasteiger partial charge in [-0.3, -0.25) is 4.79 Å². The Kier molecular flexibility index (Phi) is 10.0. The van der Waals surface area contributed by atoms with E-state index in [9.17, 15) is 19.2 Å². The molecular formula is C37H49FN6O3. The number of carbonyl (C=O) groups is 2. The van der Waals surface area contributed by atoms with Crippen molar-refractivity contribution in [1.29, 1.82) is 5.26 Å². The molecule has 2 amide bonds. The van der Waals surface area contributed by atoms with Gasteiger partial charge in [-0.1, -0.05) is 18.6 Å². The molecule has 2 aromatic carbocycles. The number of ether oxygens (including phenoxy) is 1. The maximum atomic E-state index is 14.9. The first-order valence-electron chi connectivity index (χ1n) is 17.3. The number of hydrogen-bond donors (Lipinski definition) is 1. The highest BCUT2D eigenvalue weighted by Gasteiger charge is 2.53. The van der Waals surface area contributed by atoms with Gasteiger partial charge in [-0.2, -0.15) is 5.26 Å². The van der Waals surface area contributed by atoms with Gasteiger partial charge in [0.1, 0.15) is 5.82 Å². The minimum atomic E-state index is -0.384. The lowest BCUT2D eigenvalue weighted by Gasteiger charge is -2.54. The summed E-state index contributed by atoms with van der Waals surface area (Å²) in [6.45, 7) is 7.90. The van der Waals surface area contributed by atoms with Crippen LogP contribution in [0.15, 0.2) is 42.5 Å². The predicted octanol–water partition coefficient (Wildman–Crippen LogP) is 4.72. The minimum Gasteiger partial charge on any atom is -0.453 e. The number of alkyl carbamates (subject to hydrolysis) is 1. The van der Waals surface area contributed by atoms with Crippen molar-refractivity contribution in [2.75, 3.05) is 78.5 Å². The number of hydrogen-bond acceptors (Lipinski definition) is 7. The number of nitrogens with one attached hydrogen (secondary N) is 1. The van der Waals surface area contributed by atoms with Gasteiger partial charge in [-0.25, -0.2) is 9.18 Å². The van der Waals surface area contributed by atoms with Gasteiger partial charge in [-0.05, 0) is 106 Å². The number of methoxy groups -OCH3 is 1. The fraction of sp³-hybridized carbons (Fsp3) is 0.595. The van der Waals surface area contributed by atoms with E-state index in [4.69, 9.17) is 4.74 Å². The highest BCUT2D eigenvalue weighted by molar-refractivity contribution is 5.97. The van der Waals surface area contributed by atoms with Crippen LogP contribution < -0.4 is 10.2 Å². The van der Waals surface area contributed by atoms with E-state index in [0.29, 0.717) is 23.0 Å². The van der Waals surface area contributed by atoms with Crippen LogP contribution in [-0.2, 0) is 10.2 Å². The topological polar surface area (TPSA) is 92.1 Å². The first-order valence-corrected chi connectivity index (χ1v) is 17.3. The molecule has 3 atom stereocenters. The average Bonchev–Trinajstić information content (AvgIpc) is 3.50. The van der Waals surface area contributed by atoms with Crippen LogP contribution in [0, 0.1) is 34.9 Å². The number of benzene rings is 2. The molecule has 2 aromatic rings. The van der Waals surface area contributed by atoms with E-state index in [1.165, 1.54) is 18.4 Å². The molecule has 1 saturated carbocycles. The van der Waals surface area contributed by atoms with Gasteiger partial charge in [0.15, 0.2) is 0 Å². The summed E-state index contributed by atoms with van der Waals surface area (Å²) < 4.78 is 20.0. The molecule has 10 heteroatoms. The number of piperidine rings is 1. The standard InChI is InChI=1S/C37H49FN6O3/c1-41(2)35(45)32-20-31(12-11-27(32)21-39)44-23-26(24-44)22-42-17-13-28(14-18-42)37(25-43-15-6-16-43,29-7-4-8-30(38)19-29)33-9-5-10-34(33)40-36(46)47-3/h4,7-8,11-12,19-20,26,28,33-34H,5-6,9-10,13-18,22-25H2,1-3H3,(H,40,46)/t33-,34-,37-/m0/s1. The van der Waals surface area contributed by atoms with Gasteiger partial charge in [0.05, 0.1) is 24.3 Å². The summed E-state index contributed by atoms with van der Waals surface area (Å²) in [5.74, 6) is 0.760. The summed E-state index contributed by atoms with van der Waals surface area (Å²) in [7, 11) is 4.83. The van der Waals surface area contributed by atoms with Crippen LogP contribution in [0.1, 0.15) is 60.0 Å². The quantitative estimate of drug-likeness (QED) is 0.401. The molecule has 0 aromatic heterocycles. The van der Waals surface area contributed by atoms with E-state index in [-0.39, 0.29) is 35.2 Å². The van der Waals surface area contributed by atoms with Crippen LogP contribution in [0.4, 0.5) is 14.9 Å². The largest absolute Gasteiger partial charge is 0.453 e. The highest BCUT2D eigenvalue weighted by atomic mass is 19.1. The molecule has 0 spiro atoms. The lowest BCUT2D eigenvalue weighted by molar-refractivity contribution is 0.0223. The number of nitriles is 1. The molecule has 0 unspecified atom stereocenters. The second-order valence-electron chi connectivity index (χ2n) is 14.3. The van der Waals surface area contributed by atoms with Crippen LogP contribution in [0.25, 0.3) is 0 Å². The SMILES string of the molecule is COC(=O)N[C@H]1CCC[C@@H]1[C@](CN1CCC1)(c1cccc(F)c1)C1CCN(CC2CN(c3ccc(C#N)c(C(=O)N(C)C)c3)C2)CC1. The molecule has 252 valence electrons. The van der Waals surface area contributed by atoms with E-state index >= 15 is 0 Å². The zero-order valence-electron chi connectivity index (χ0n) is 28.1. The number of amides is 2. The fourth-order valence-corrected chi connectivity index (χ4v) is 8.87. The Hall–Kier alpha value is -3.68. The van der Waals surface area contributed by atoms with Crippen molar-refractivity contribution in [3.63, 3.8) is 0 Å². The third-order valence-electron chi connectivity index (χ3n) is 11.4. The molecular weight excluding hydrogens is 595 g/mol. The highest BCUT2D eigenvalue weighted by Crippen LogP contribution is 2.51. The first-order chi connectivity index (χ1) is 22.7. The maximum absolute atomic E-state index is 14.9. The Morgan fingerprint density at radius 3 is 2.43 bits per heavy atom. The molecule has 3 aliphatic heterocycles. The van der Waals surface area contributed by atoms with Crippen molar-refractivity contribution in [3.8, 4) is 6.07 Å². The molecule has 0 radical (unpaired) electrons. The summed E-state index contributed by atoms with van der Waals surface area (Å²) >= 11 is 0. The summed E-state index contributed by atoms with van der Waals surface area (Å²) in [5.41, 5.74) is 2.66. The lowest BCUT2D eigenvalue weighted by atomic mass is 9.57.